The highest BCUT2D eigenvalue weighted by Gasteiger charge is 2.32. The molecule has 0 spiro atoms. The molecule has 1 atom stereocenters. The second-order valence-electron chi connectivity index (χ2n) is 8.40. The second-order valence-corrected chi connectivity index (χ2v) is 8.83. The summed E-state index contributed by atoms with van der Waals surface area (Å²) in [5.41, 5.74) is 0.886. The molecule has 180 valence electrons. The lowest BCUT2D eigenvalue weighted by atomic mass is 9.89. The van der Waals surface area contributed by atoms with Gasteiger partial charge in [-0.2, -0.15) is 13.2 Å². The normalized spacial score (nSPS) is 12.5. The molecular formula is C26H25ClF3NO3. The first kappa shape index (κ1) is 25.4. The van der Waals surface area contributed by atoms with Gasteiger partial charge in [-0.05, 0) is 54.8 Å². The maximum absolute atomic E-state index is 13.3. The van der Waals surface area contributed by atoms with Gasteiger partial charge in [0.05, 0.1) is 23.4 Å². The number of hydrogen-bond acceptors (Lipinski definition) is 3. The van der Waals surface area contributed by atoms with Gasteiger partial charge in [-0.15, -0.1) is 0 Å². The number of anilines is 1. The summed E-state index contributed by atoms with van der Waals surface area (Å²) in [5.74, 6) is -0.915. The van der Waals surface area contributed by atoms with Crippen molar-refractivity contribution >= 4 is 23.2 Å². The minimum atomic E-state index is -4.61. The van der Waals surface area contributed by atoms with Gasteiger partial charge in [0, 0.05) is 10.9 Å². The van der Waals surface area contributed by atoms with Crippen LogP contribution in [-0.2, 0) is 6.18 Å². The Balaban J connectivity index is 1.91. The van der Waals surface area contributed by atoms with E-state index < -0.39 is 17.6 Å². The summed E-state index contributed by atoms with van der Waals surface area (Å²) < 4.78 is 46.0. The van der Waals surface area contributed by atoms with E-state index in [1.54, 1.807) is 0 Å². The van der Waals surface area contributed by atoms with E-state index in [9.17, 15) is 23.1 Å². The standard InChI is InChI=1S/C26H25ClF3NO3/c1-15(2)21(17-6-4-16(3)5-7-17)14-34-24-11-8-18(26(28,29)30)12-22(24)31-25(33)20-13-19(27)9-10-23(20)32/h4-13,15,21,32H,14H2,1-3H3,(H,31,33). The van der Waals surface area contributed by atoms with Gasteiger partial charge >= 0.3 is 6.18 Å². The molecule has 3 aromatic carbocycles. The van der Waals surface area contributed by atoms with Crippen molar-refractivity contribution < 1.29 is 27.8 Å². The first-order valence-corrected chi connectivity index (χ1v) is 11.0. The van der Waals surface area contributed by atoms with Crippen LogP contribution in [0.5, 0.6) is 11.5 Å². The van der Waals surface area contributed by atoms with Crippen molar-refractivity contribution in [1.82, 2.24) is 0 Å². The van der Waals surface area contributed by atoms with Crippen LogP contribution in [0.1, 0.15) is 46.8 Å². The molecule has 8 heteroatoms. The van der Waals surface area contributed by atoms with E-state index in [2.05, 4.69) is 5.32 Å². The first-order chi connectivity index (χ1) is 16.0. The van der Waals surface area contributed by atoms with E-state index in [-0.39, 0.29) is 46.2 Å². The van der Waals surface area contributed by atoms with Gasteiger partial charge in [0.25, 0.3) is 5.91 Å². The summed E-state index contributed by atoms with van der Waals surface area (Å²) in [4.78, 5) is 12.7. The monoisotopic (exact) mass is 491 g/mol. The number of carbonyl (C=O) groups excluding carboxylic acids is 1. The van der Waals surface area contributed by atoms with Gasteiger partial charge in [0.1, 0.15) is 11.5 Å². The molecule has 0 bridgehead atoms. The number of aryl methyl sites for hydroxylation is 1. The third kappa shape index (κ3) is 6.23. The summed E-state index contributed by atoms with van der Waals surface area (Å²) in [6.45, 7) is 6.24. The molecule has 0 radical (unpaired) electrons. The Hall–Kier alpha value is -3.19. The lowest BCUT2D eigenvalue weighted by molar-refractivity contribution is -0.137. The average Bonchev–Trinajstić information content (AvgIpc) is 2.76. The number of ether oxygens (including phenoxy) is 1. The van der Waals surface area contributed by atoms with Crippen molar-refractivity contribution in [3.63, 3.8) is 0 Å². The summed E-state index contributed by atoms with van der Waals surface area (Å²) in [6, 6.07) is 14.7. The highest BCUT2D eigenvalue weighted by molar-refractivity contribution is 6.31. The van der Waals surface area contributed by atoms with Crippen molar-refractivity contribution in [1.29, 1.82) is 0 Å². The second kappa shape index (κ2) is 10.4. The number of rotatable bonds is 7. The largest absolute Gasteiger partial charge is 0.507 e. The minimum Gasteiger partial charge on any atom is -0.507 e. The molecule has 3 rings (SSSR count). The number of carbonyl (C=O) groups is 1. The summed E-state index contributed by atoms with van der Waals surface area (Å²) in [7, 11) is 0. The summed E-state index contributed by atoms with van der Waals surface area (Å²) in [6.07, 6.45) is -4.61. The third-order valence-electron chi connectivity index (χ3n) is 5.49. The fraction of sp³-hybridized carbons (Fsp3) is 0.269. The fourth-order valence-electron chi connectivity index (χ4n) is 3.48. The van der Waals surface area contributed by atoms with Crippen LogP contribution >= 0.6 is 11.6 Å². The number of phenols is 1. The van der Waals surface area contributed by atoms with Crippen LogP contribution in [0.15, 0.2) is 60.7 Å². The number of benzene rings is 3. The van der Waals surface area contributed by atoms with E-state index in [1.807, 2.05) is 45.0 Å². The van der Waals surface area contributed by atoms with Crippen molar-refractivity contribution in [3.05, 3.63) is 87.9 Å². The molecule has 1 unspecified atom stereocenters. The van der Waals surface area contributed by atoms with E-state index in [0.29, 0.717) is 0 Å². The fourth-order valence-corrected chi connectivity index (χ4v) is 3.65. The number of phenolic OH excluding ortho intramolecular Hbond substituents is 1. The zero-order chi connectivity index (χ0) is 25.0. The molecule has 0 heterocycles. The van der Waals surface area contributed by atoms with Crippen LogP contribution < -0.4 is 10.1 Å². The Morgan fingerprint density at radius 3 is 2.35 bits per heavy atom. The summed E-state index contributed by atoms with van der Waals surface area (Å²) >= 11 is 5.90. The first-order valence-electron chi connectivity index (χ1n) is 10.7. The van der Waals surface area contributed by atoms with Crippen molar-refractivity contribution in [2.45, 2.75) is 32.9 Å². The highest BCUT2D eigenvalue weighted by Crippen LogP contribution is 2.36. The van der Waals surface area contributed by atoms with Gasteiger partial charge in [0.2, 0.25) is 0 Å². The van der Waals surface area contributed by atoms with Gasteiger partial charge < -0.3 is 15.2 Å². The number of aromatic hydroxyl groups is 1. The number of nitrogens with one attached hydrogen (secondary N) is 1. The Bertz CT molecular complexity index is 1160. The molecule has 0 saturated carbocycles. The van der Waals surface area contributed by atoms with Crippen LogP contribution in [0.2, 0.25) is 5.02 Å². The van der Waals surface area contributed by atoms with Crippen molar-refractivity contribution in [2.75, 3.05) is 11.9 Å². The lowest BCUT2D eigenvalue weighted by Crippen LogP contribution is -2.18. The zero-order valence-corrected chi connectivity index (χ0v) is 19.7. The SMILES string of the molecule is Cc1ccc(C(COc2ccc(C(F)(F)F)cc2NC(=O)c2cc(Cl)ccc2O)C(C)C)cc1. The number of halogens is 4. The molecule has 0 fully saturated rings. The van der Waals surface area contributed by atoms with Gasteiger partial charge in [-0.3, -0.25) is 4.79 Å². The topological polar surface area (TPSA) is 58.6 Å². The Labute approximate surface area is 201 Å². The van der Waals surface area contributed by atoms with Gasteiger partial charge in [-0.1, -0.05) is 55.3 Å². The number of amides is 1. The quantitative estimate of drug-likeness (QED) is 0.361. The van der Waals surface area contributed by atoms with Crippen LogP contribution in [0.3, 0.4) is 0 Å². The molecule has 2 N–H and O–H groups in total. The molecule has 3 aromatic rings. The van der Waals surface area contributed by atoms with Crippen LogP contribution in [0.4, 0.5) is 18.9 Å². The van der Waals surface area contributed by atoms with Crippen LogP contribution in [-0.4, -0.2) is 17.6 Å². The third-order valence-corrected chi connectivity index (χ3v) is 5.72. The average molecular weight is 492 g/mol. The molecule has 4 nitrogen and oxygen atoms in total. The molecule has 34 heavy (non-hydrogen) atoms. The predicted octanol–water partition coefficient (Wildman–Crippen LogP) is 7.44. The molecule has 0 aliphatic carbocycles. The predicted molar refractivity (Wildman–Crippen MR) is 127 cm³/mol. The van der Waals surface area contributed by atoms with E-state index in [4.69, 9.17) is 16.3 Å². The van der Waals surface area contributed by atoms with E-state index in [0.717, 1.165) is 23.3 Å². The van der Waals surface area contributed by atoms with Gasteiger partial charge in [0.15, 0.2) is 0 Å². The minimum absolute atomic E-state index is 0.0246. The van der Waals surface area contributed by atoms with E-state index >= 15 is 0 Å². The number of alkyl halides is 3. The maximum atomic E-state index is 13.3. The molecule has 0 aliphatic rings. The zero-order valence-electron chi connectivity index (χ0n) is 18.9. The molecule has 0 saturated heterocycles. The van der Waals surface area contributed by atoms with E-state index in [1.165, 1.54) is 24.3 Å². The summed E-state index contributed by atoms with van der Waals surface area (Å²) in [5, 5.41) is 12.6. The highest BCUT2D eigenvalue weighted by atomic mass is 35.5. The molecular weight excluding hydrogens is 467 g/mol. The Morgan fingerprint density at radius 2 is 1.74 bits per heavy atom. The number of hydrogen-bond donors (Lipinski definition) is 2. The Kier molecular flexibility index (Phi) is 7.77. The molecule has 0 aliphatic heterocycles. The smallest absolute Gasteiger partial charge is 0.416 e. The molecule has 0 aromatic heterocycles. The van der Waals surface area contributed by atoms with Crippen molar-refractivity contribution in [3.8, 4) is 11.5 Å². The van der Waals surface area contributed by atoms with Gasteiger partial charge in [-0.25, -0.2) is 0 Å². The Morgan fingerprint density at radius 1 is 1.06 bits per heavy atom. The van der Waals surface area contributed by atoms with Crippen LogP contribution in [0, 0.1) is 12.8 Å². The molecule has 1 amide bonds. The van der Waals surface area contributed by atoms with Crippen molar-refractivity contribution in [2.24, 2.45) is 5.92 Å². The lowest BCUT2D eigenvalue weighted by Gasteiger charge is -2.23. The van der Waals surface area contributed by atoms with Crippen LogP contribution in [0.25, 0.3) is 0 Å². The maximum Gasteiger partial charge on any atom is 0.416 e.